The Morgan fingerprint density at radius 1 is 1.35 bits per heavy atom. The molecule has 2 aromatic rings. The molecule has 0 saturated carbocycles. The maximum absolute atomic E-state index is 5.83. The second-order valence-electron chi connectivity index (χ2n) is 4.15. The molecule has 3 nitrogen and oxygen atoms in total. The third kappa shape index (κ3) is 2.61. The minimum Gasteiger partial charge on any atom is -0.366 e. The van der Waals surface area contributed by atoms with Crippen LogP contribution in [0, 0.1) is 13.8 Å². The molecule has 0 radical (unpaired) electrons. The summed E-state index contributed by atoms with van der Waals surface area (Å²) >= 11 is 5.83. The number of rotatable bonds is 3. The number of pyridine rings is 1. The van der Waals surface area contributed by atoms with Gasteiger partial charge in [0, 0.05) is 25.0 Å². The molecule has 17 heavy (non-hydrogen) atoms. The van der Waals surface area contributed by atoms with Gasteiger partial charge in [0.15, 0.2) is 0 Å². The zero-order valence-corrected chi connectivity index (χ0v) is 11.0. The van der Waals surface area contributed by atoms with Gasteiger partial charge in [-0.25, -0.2) is 4.98 Å². The van der Waals surface area contributed by atoms with Crippen molar-refractivity contribution in [2.45, 2.75) is 20.4 Å². The standard InChI is InChI=1S/C13H16ClN3/c1-9-7-11(10(2)17(9)3)8-15-13-6-4-5-12(14)16-13/h4-7H,8H2,1-3H3,(H,15,16). The Balaban J connectivity index is 2.10. The molecule has 2 heterocycles. The van der Waals surface area contributed by atoms with E-state index in [0.717, 1.165) is 12.4 Å². The Labute approximate surface area is 106 Å². The van der Waals surface area contributed by atoms with Crippen molar-refractivity contribution in [3.05, 3.63) is 46.4 Å². The average molecular weight is 250 g/mol. The number of halogens is 1. The Morgan fingerprint density at radius 2 is 2.12 bits per heavy atom. The fourth-order valence-electron chi connectivity index (χ4n) is 1.80. The predicted molar refractivity (Wildman–Crippen MR) is 71.5 cm³/mol. The highest BCUT2D eigenvalue weighted by atomic mass is 35.5. The number of hydrogen-bond acceptors (Lipinski definition) is 2. The van der Waals surface area contributed by atoms with Crippen molar-refractivity contribution >= 4 is 17.4 Å². The molecule has 0 atom stereocenters. The molecule has 1 N–H and O–H groups in total. The lowest BCUT2D eigenvalue weighted by molar-refractivity contribution is 0.836. The zero-order chi connectivity index (χ0) is 12.4. The van der Waals surface area contributed by atoms with Gasteiger partial charge in [0.2, 0.25) is 0 Å². The second-order valence-corrected chi connectivity index (χ2v) is 4.54. The van der Waals surface area contributed by atoms with Crippen LogP contribution >= 0.6 is 11.6 Å². The van der Waals surface area contributed by atoms with E-state index in [2.05, 4.69) is 41.8 Å². The molecule has 0 unspecified atom stereocenters. The molecular weight excluding hydrogens is 234 g/mol. The first-order valence-electron chi connectivity index (χ1n) is 5.56. The van der Waals surface area contributed by atoms with Gasteiger partial charge < -0.3 is 9.88 Å². The molecule has 2 aromatic heterocycles. The van der Waals surface area contributed by atoms with Crippen LogP contribution < -0.4 is 5.32 Å². The number of nitrogens with one attached hydrogen (secondary N) is 1. The van der Waals surface area contributed by atoms with Crippen LogP contribution in [0.25, 0.3) is 0 Å². The highest BCUT2D eigenvalue weighted by molar-refractivity contribution is 6.29. The third-order valence-electron chi connectivity index (χ3n) is 3.06. The monoisotopic (exact) mass is 249 g/mol. The van der Waals surface area contributed by atoms with Crippen molar-refractivity contribution in [2.75, 3.05) is 5.32 Å². The first kappa shape index (κ1) is 12.0. The van der Waals surface area contributed by atoms with Crippen molar-refractivity contribution in [3.63, 3.8) is 0 Å². The molecule has 0 aromatic carbocycles. The first-order chi connectivity index (χ1) is 8.08. The van der Waals surface area contributed by atoms with E-state index >= 15 is 0 Å². The van der Waals surface area contributed by atoms with E-state index in [1.165, 1.54) is 17.0 Å². The molecule has 2 rings (SSSR count). The molecule has 0 spiro atoms. The summed E-state index contributed by atoms with van der Waals surface area (Å²) in [6, 6.07) is 7.76. The lowest BCUT2D eigenvalue weighted by Gasteiger charge is -2.06. The summed E-state index contributed by atoms with van der Waals surface area (Å²) in [6.07, 6.45) is 0. The second kappa shape index (κ2) is 4.80. The van der Waals surface area contributed by atoms with E-state index in [-0.39, 0.29) is 0 Å². The van der Waals surface area contributed by atoms with E-state index < -0.39 is 0 Å². The van der Waals surface area contributed by atoms with Gasteiger partial charge in [-0.3, -0.25) is 0 Å². The normalized spacial score (nSPS) is 10.6. The summed E-state index contributed by atoms with van der Waals surface area (Å²) < 4.78 is 2.18. The van der Waals surface area contributed by atoms with Crippen molar-refractivity contribution in [1.29, 1.82) is 0 Å². The third-order valence-corrected chi connectivity index (χ3v) is 3.27. The minimum absolute atomic E-state index is 0.510. The van der Waals surface area contributed by atoms with Gasteiger partial charge in [-0.05, 0) is 37.6 Å². The zero-order valence-electron chi connectivity index (χ0n) is 10.3. The van der Waals surface area contributed by atoms with Crippen LogP contribution in [0.15, 0.2) is 24.3 Å². The highest BCUT2D eigenvalue weighted by Gasteiger charge is 2.05. The molecule has 0 saturated heterocycles. The minimum atomic E-state index is 0.510. The van der Waals surface area contributed by atoms with Gasteiger partial charge in [0.05, 0.1) is 0 Å². The molecule has 0 aliphatic carbocycles. The average Bonchev–Trinajstić information content (AvgIpc) is 2.54. The molecule has 0 aliphatic rings. The van der Waals surface area contributed by atoms with E-state index in [1.807, 2.05) is 12.1 Å². The lowest BCUT2D eigenvalue weighted by atomic mass is 10.2. The smallest absolute Gasteiger partial charge is 0.131 e. The quantitative estimate of drug-likeness (QED) is 0.846. The van der Waals surface area contributed by atoms with Crippen molar-refractivity contribution in [1.82, 2.24) is 9.55 Å². The number of aryl methyl sites for hydroxylation is 1. The summed E-state index contributed by atoms with van der Waals surface area (Å²) in [5, 5.41) is 3.78. The Hall–Kier alpha value is -1.48. The van der Waals surface area contributed by atoms with Crippen LogP contribution in [0.4, 0.5) is 5.82 Å². The van der Waals surface area contributed by atoms with Gasteiger partial charge in [0.25, 0.3) is 0 Å². The van der Waals surface area contributed by atoms with E-state index in [0.29, 0.717) is 5.15 Å². The van der Waals surface area contributed by atoms with Crippen LogP contribution in [0.1, 0.15) is 17.0 Å². The maximum atomic E-state index is 5.83. The Bertz CT molecular complexity index is 531. The van der Waals surface area contributed by atoms with Gasteiger partial charge >= 0.3 is 0 Å². The predicted octanol–water partition coefficient (Wildman–Crippen LogP) is 3.30. The summed E-state index contributed by atoms with van der Waals surface area (Å²) in [7, 11) is 2.08. The Kier molecular flexibility index (Phi) is 3.38. The van der Waals surface area contributed by atoms with E-state index in [9.17, 15) is 0 Å². The van der Waals surface area contributed by atoms with E-state index in [1.54, 1.807) is 6.07 Å². The van der Waals surface area contributed by atoms with Crippen LogP contribution in [0.2, 0.25) is 5.15 Å². The van der Waals surface area contributed by atoms with Crippen LogP contribution in [0.3, 0.4) is 0 Å². The number of anilines is 1. The van der Waals surface area contributed by atoms with Gasteiger partial charge in [0.1, 0.15) is 11.0 Å². The van der Waals surface area contributed by atoms with Crippen molar-refractivity contribution in [3.8, 4) is 0 Å². The summed E-state index contributed by atoms with van der Waals surface area (Å²) in [4.78, 5) is 4.19. The van der Waals surface area contributed by atoms with E-state index in [4.69, 9.17) is 11.6 Å². The number of aromatic nitrogens is 2. The molecule has 4 heteroatoms. The summed E-state index contributed by atoms with van der Waals surface area (Å²) in [5.41, 5.74) is 3.82. The lowest BCUT2D eigenvalue weighted by Crippen LogP contribution is -2.02. The molecule has 90 valence electrons. The summed E-state index contributed by atoms with van der Waals surface area (Å²) in [6.45, 7) is 4.99. The highest BCUT2D eigenvalue weighted by Crippen LogP contribution is 2.15. The van der Waals surface area contributed by atoms with Gasteiger partial charge in [-0.2, -0.15) is 0 Å². The molecule has 0 fully saturated rings. The van der Waals surface area contributed by atoms with Crippen LogP contribution in [-0.2, 0) is 13.6 Å². The SMILES string of the molecule is Cc1cc(CNc2cccc(Cl)n2)c(C)n1C. The van der Waals surface area contributed by atoms with Crippen molar-refractivity contribution < 1.29 is 0 Å². The van der Waals surface area contributed by atoms with Crippen LogP contribution in [0.5, 0.6) is 0 Å². The molecule has 0 bridgehead atoms. The fourth-order valence-corrected chi connectivity index (χ4v) is 1.97. The van der Waals surface area contributed by atoms with Gasteiger partial charge in [-0.15, -0.1) is 0 Å². The largest absolute Gasteiger partial charge is 0.366 e. The summed E-state index contributed by atoms with van der Waals surface area (Å²) in [5.74, 6) is 0.804. The number of hydrogen-bond donors (Lipinski definition) is 1. The Morgan fingerprint density at radius 3 is 2.71 bits per heavy atom. The molecule has 0 amide bonds. The number of nitrogens with zero attached hydrogens (tertiary/aromatic N) is 2. The fraction of sp³-hybridized carbons (Fsp3) is 0.308. The van der Waals surface area contributed by atoms with Gasteiger partial charge in [-0.1, -0.05) is 17.7 Å². The molecule has 0 aliphatic heterocycles. The topological polar surface area (TPSA) is 29.9 Å². The maximum Gasteiger partial charge on any atom is 0.131 e. The first-order valence-corrected chi connectivity index (χ1v) is 5.94. The molecular formula is C13H16ClN3. The van der Waals surface area contributed by atoms with Crippen LogP contribution in [-0.4, -0.2) is 9.55 Å². The van der Waals surface area contributed by atoms with Crippen molar-refractivity contribution in [2.24, 2.45) is 7.05 Å².